The van der Waals surface area contributed by atoms with E-state index in [2.05, 4.69) is 5.32 Å². The largest absolute Gasteiger partial charge is 0.497 e. The van der Waals surface area contributed by atoms with Gasteiger partial charge < -0.3 is 15.0 Å². The van der Waals surface area contributed by atoms with Crippen LogP contribution in [-0.2, 0) is 32.6 Å². The molecule has 0 heterocycles. The maximum Gasteiger partial charge on any atom is 0.264 e. The van der Waals surface area contributed by atoms with E-state index in [1.165, 1.54) is 48.4 Å². The number of hydrogen-bond donors (Lipinski definition) is 1. The molecule has 1 unspecified atom stereocenters. The number of rotatable bonds is 15. The molecule has 4 rings (SSSR count). The summed E-state index contributed by atoms with van der Waals surface area (Å²) in [6.07, 6.45) is 1.88. The number of unbranched alkanes of at least 4 members (excludes halogenated alkanes) is 1. The molecule has 46 heavy (non-hydrogen) atoms. The molecule has 4 aromatic rings. The first-order chi connectivity index (χ1) is 22.1. The van der Waals surface area contributed by atoms with Crippen LogP contribution in [-0.4, -0.2) is 51.4 Å². The van der Waals surface area contributed by atoms with Gasteiger partial charge in [0, 0.05) is 29.6 Å². The van der Waals surface area contributed by atoms with Gasteiger partial charge in [-0.05, 0) is 78.2 Å². The normalized spacial score (nSPS) is 11.8. The Bertz CT molecular complexity index is 1700. The number of carbonyl (C=O) groups excluding carboxylic acids is 2. The van der Waals surface area contributed by atoms with Crippen molar-refractivity contribution in [3.8, 4) is 5.75 Å². The van der Waals surface area contributed by atoms with Crippen LogP contribution in [0.5, 0.6) is 5.75 Å². The van der Waals surface area contributed by atoms with Crippen LogP contribution in [0, 0.1) is 0 Å². The monoisotopic (exact) mass is 681 g/mol. The Balaban J connectivity index is 1.78. The summed E-state index contributed by atoms with van der Waals surface area (Å²) < 4.78 is 34.5. The average molecular weight is 683 g/mol. The van der Waals surface area contributed by atoms with E-state index in [9.17, 15) is 18.0 Å². The summed E-state index contributed by atoms with van der Waals surface area (Å²) in [4.78, 5) is 29.7. The van der Waals surface area contributed by atoms with E-state index < -0.39 is 28.5 Å². The zero-order valence-electron chi connectivity index (χ0n) is 25.7. The molecule has 0 aliphatic rings. The van der Waals surface area contributed by atoms with Gasteiger partial charge >= 0.3 is 0 Å². The fourth-order valence-corrected chi connectivity index (χ4v) is 6.66. The highest BCUT2D eigenvalue weighted by Crippen LogP contribution is 2.27. The lowest BCUT2D eigenvalue weighted by atomic mass is 10.0. The third kappa shape index (κ3) is 9.25. The van der Waals surface area contributed by atoms with Gasteiger partial charge in [-0.15, -0.1) is 0 Å². The Morgan fingerprint density at radius 2 is 1.52 bits per heavy atom. The Morgan fingerprint density at radius 3 is 2.15 bits per heavy atom. The minimum absolute atomic E-state index is 0.0229. The van der Waals surface area contributed by atoms with Crippen LogP contribution in [0.15, 0.2) is 108 Å². The summed E-state index contributed by atoms with van der Waals surface area (Å²) in [5.41, 5.74) is 1.78. The summed E-state index contributed by atoms with van der Waals surface area (Å²) in [6.45, 7) is 1.92. The predicted octanol–water partition coefficient (Wildman–Crippen LogP) is 6.75. The average Bonchev–Trinajstić information content (AvgIpc) is 3.06. The fourth-order valence-electron chi connectivity index (χ4n) is 4.90. The molecule has 0 saturated carbocycles. The lowest BCUT2D eigenvalue weighted by Gasteiger charge is -2.34. The van der Waals surface area contributed by atoms with Gasteiger partial charge in [-0.25, -0.2) is 8.42 Å². The van der Waals surface area contributed by atoms with Crippen LogP contribution < -0.4 is 14.4 Å². The van der Waals surface area contributed by atoms with E-state index in [1.807, 2.05) is 43.3 Å². The Hall–Kier alpha value is -4.05. The van der Waals surface area contributed by atoms with Crippen molar-refractivity contribution in [3.05, 3.63) is 124 Å². The highest BCUT2D eigenvalue weighted by molar-refractivity contribution is 7.92. The number of anilines is 1. The van der Waals surface area contributed by atoms with Crippen molar-refractivity contribution in [2.45, 2.75) is 43.7 Å². The van der Waals surface area contributed by atoms with Gasteiger partial charge in [-0.3, -0.25) is 13.9 Å². The van der Waals surface area contributed by atoms with Crippen LogP contribution >= 0.6 is 23.2 Å². The predicted molar refractivity (Wildman–Crippen MR) is 183 cm³/mol. The summed E-state index contributed by atoms with van der Waals surface area (Å²) in [5.74, 6) is -0.416. The number of nitrogens with zero attached hydrogens (tertiary/aromatic N) is 2. The molecule has 8 nitrogen and oxygen atoms in total. The molecule has 0 radical (unpaired) electrons. The smallest absolute Gasteiger partial charge is 0.264 e. The maximum absolute atomic E-state index is 14.5. The molecule has 0 aliphatic carbocycles. The fraction of sp³-hybridized carbons (Fsp3) is 0.257. The molecule has 0 saturated heterocycles. The number of benzene rings is 4. The number of nitrogens with one attached hydrogen (secondary N) is 1. The summed E-state index contributed by atoms with van der Waals surface area (Å²) in [6, 6.07) is 27.6. The van der Waals surface area contributed by atoms with Gasteiger partial charge in [-0.2, -0.15) is 0 Å². The number of carbonyl (C=O) groups is 2. The Kier molecular flexibility index (Phi) is 12.5. The first-order valence-corrected chi connectivity index (χ1v) is 17.1. The van der Waals surface area contributed by atoms with Crippen LogP contribution in [0.4, 0.5) is 5.69 Å². The first-order valence-electron chi connectivity index (χ1n) is 14.9. The van der Waals surface area contributed by atoms with Gasteiger partial charge in [0.1, 0.15) is 18.3 Å². The SMILES string of the molecule is CCCCNC(=O)C(Cc1ccccc1)N(Cc1cccc(Cl)c1)C(=O)CN(c1ccc(Cl)cc1)S(=O)(=O)c1ccc(OC)cc1. The molecule has 1 N–H and O–H groups in total. The molecule has 0 spiro atoms. The van der Waals surface area contributed by atoms with E-state index in [4.69, 9.17) is 27.9 Å². The van der Waals surface area contributed by atoms with Crippen molar-refractivity contribution in [1.29, 1.82) is 0 Å². The van der Waals surface area contributed by atoms with E-state index in [-0.39, 0.29) is 29.5 Å². The standard InChI is InChI=1S/C35H37Cl2N3O5S/c1-3-4-21-38-35(42)33(23-26-9-6-5-7-10-26)39(24-27-11-8-12-29(37)22-27)34(41)25-40(30-15-13-28(36)14-16-30)46(43,44)32-19-17-31(45-2)18-20-32/h5-20,22,33H,3-4,21,23-25H2,1-2H3,(H,38,42). The third-order valence-electron chi connectivity index (χ3n) is 7.38. The van der Waals surface area contributed by atoms with Crippen molar-refractivity contribution in [3.63, 3.8) is 0 Å². The van der Waals surface area contributed by atoms with E-state index >= 15 is 0 Å². The lowest BCUT2D eigenvalue weighted by Crippen LogP contribution is -2.53. The third-order valence-corrected chi connectivity index (χ3v) is 9.66. The topological polar surface area (TPSA) is 96.0 Å². The molecule has 1 atom stereocenters. The number of halogens is 2. The number of ether oxygens (including phenoxy) is 1. The van der Waals surface area contributed by atoms with Gasteiger partial charge in [-0.1, -0.05) is 79.0 Å². The second-order valence-electron chi connectivity index (χ2n) is 10.7. The van der Waals surface area contributed by atoms with Gasteiger partial charge in [0.05, 0.1) is 17.7 Å². The van der Waals surface area contributed by atoms with Gasteiger partial charge in [0.2, 0.25) is 11.8 Å². The molecule has 0 fully saturated rings. The zero-order valence-corrected chi connectivity index (χ0v) is 28.1. The van der Waals surface area contributed by atoms with E-state index in [1.54, 1.807) is 30.3 Å². The molecule has 0 bridgehead atoms. The van der Waals surface area contributed by atoms with E-state index in [0.29, 0.717) is 27.9 Å². The van der Waals surface area contributed by atoms with Crippen LogP contribution in [0.2, 0.25) is 10.0 Å². The molecule has 0 aromatic heterocycles. The molecule has 242 valence electrons. The van der Waals surface area contributed by atoms with Crippen molar-refractivity contribution >= 4 is 50.7 Å². The molecule has 2 amide bonds. The molecular formula is C35H37Cl2N3O5S. The van der Waals surface area contributed by atoms with Crippen LogP contribution in [0.1, 0.15) is 30.9 Å². The molecular weight excluding hydrogens is 645 g/mol. The van der Waals surface area contributed by atoms with Crippen molar-refractivity contribution in [2.24, 2.45) is 0 Å². The lowest BCUT2D eigenvalue weighted by molar-refractivity contribution is -0.140. The second-order valence-corrected chi connectivity index (χ2v) is 13.4. The van der Waals surface area contributed by atoms with Crippen LogP contribution in [0.3, 0.4) is 0 Å². The van der Waals surface area contributed by atoms with Crippen molar-refractivity contribution < 1.29 is 22.7 Å². The molecule has 11 heteroatoms. The first kappa shape index (κ1) is 34.8. The zero-order chi connectivity index (χ0) is 33.1. The number of methoxy groups -OCH3 is 1. The summed E-state index contributed by atoms with van der Waals surface area (Å²) in [7, 11) is -2.77. The van der Waals surface area contributed by atoms with Crippen molar-refractivity contribution in [2.75, 3.05) is 24.5 Å². The number of amides is 2. The number of hydrogen-bond acceptors (Lipinski definition) is 5. The summed E-state index contributed by atoms with van der Waals surface area (Å²) >= 11 is 12.4. The minimum atomic E-state index is -4.26. The number of sulfonamides is 1. The van der Waals surface area contributed by atoms with E-state index in [0.717, 1.165) is 22.7 Å². The summed E-state index contributed by atoms with van der Waals surface area (Å²) in [5, 5.41) is 3.86. The minimum Gasteiger partial charge on any atom is -0.497 e. The second kappa shape index (κ2) is 16.5. The van der Waals surface area contributed by atoms with Crippen LogP contribution in [0.25, 0.3) is 0 Å². The highest BCUT2D eigenvalue weighted by atomic mass is 35.5. The Morgan fingerprint density at radius 1 is 0.848 bits per heavy atom. The van der Waals surface area contributed by atoms with Gasteiger partial charge in [0.25, 0.3) is 10.0 Å². The molecule has 0 aliphatic heterocycles. The Labute approximate surface area is 280 Å². The molecule has 4 aromatic carbocycles. The maximum atomic E-state index is 14.5. The quantitative estimate of drug-likeness (QED) is 0.140. The van der Waals surface area contributed by atoms with Crippen molar-refractivity contribution in [1.82, 2.24) is 10.2 Å². The highest BCUT2D eigenvalue weighted by Gasteiger charge is 2.34. The van der Waals surface area contributed by atoms with Gasteiger partial charge in [0.15, 0.2) is 0 Å².